The lowest BCUT2D eigenvalue weighted by atomic mass is 10.1. The van der Waals surface area contributed by atoms with Gasteiger partial charge in [0.25, 0.3) is 10.0 Å². The fraction of sp³-hybridized carbons (Fsp3) is 0.867. The molecule has 1 N–H and O–H groups in total. The van der Waals surface area contributed by atoms with Crippen LogP contribution in [0.1, 0.15) is 51.9 Å². The molecular formula is C15H20F9NO2S. The van der Waals surface area contributed by atoms with Crippen LogP contribution in [0, 0.1) is 11.8 Å². The molecule has 0 rings (SSSR count). The van der Waals surface area contributed by atoms with Crippen molar-refractivity contribution >= 4 is 10.0 Å². The highest BCUT2D eigenvalue weighted by molar-refractivity contribution is 7.90. The normalized spacial score (nSPS) is 13.9. The molecule has 0 aliphatic carbocycles. The summed E-state index contributed by atoms with van der Waals surface area (Å²) >= 11 is 0. The van der Waals surface area contributed by atoms with Crippen LogP contribution in [-0.4, -0.2) is 38.2 Å². The zero-order valence-electron chi connectivity index (χ0n) is 14.8. The zero-order chi connectivity index (χ0) is 22.3. The fourth-order valence-corrected chi connectivity index (χ4v) is 2.87. The lowest BCUT2D eigenvalue weighted by molar-refractivity contribution is -0.382. The first-order valence-electron chi connectivity index (χ1n) is 8.21. The molecule has 0 saturated carbocycles. The molecule has 0 aliphatic heterocycles. The third kappa shape index (κ3) is 6.17. The highest BCUT2D eigenvalue weighted by atomic mass is 32.2. The molecular weight excluding hydrogens is 429 g/mol. The van der Waals surface area contributed by atoms with E-state index >= 15 is 0 Å². The molecule has 0 spiro atoms. The van der Waals surface area contributed by atoms with E-state index in [0.717, 1.165) is 24.0 Å². The third-order valence-electron chi connectivity index (χ3n) is 3.50. The number of hydrogen-bond donors (Lipinski definition) is 1. The molecule has 28 heavy (non-hydrogen) atoms. The monoisotopic (exact) mass is 449 g/mol. The Bertz CT molecular complexity index is 649. The molecule has 0 heterocycles. The average molecular weight is 449 g/mol. The second-order valence-electron chi connectivity index (χ2n) is 5.83. The summed E-state index contributed by atoms with van der Waals surface area (Å²) in [4.78, 5) is 0. The molecule has 0 bridgehead atoms. The number of alkyl halides is 9. The van der Waals surface area contributed by atoms with Crippen LogP contribution in [-0.2, 0) is 10.0 Å². The lowest BCUT2D eigenvalue weighted by Gasteiger charge is -2.33. The smallest absolute Gasteiger partial charge is 0.210 e. The van der Waals surface area contributed by atoms with Crippen LogP contribution < -0.4 is 4.72 Å². The molecule has 0 unspecified atom stereocenters. The molecule has 0 fully saturated rings. The van der Waals surface area contributed by atoms with Gasteiger partial charge in [-0.25, -0.2) is 13.1 Å². The van der Waals surface area contributed by atoms with Crippen molar-refractivity contribution in [2.24, 2.45) is 0 Å². The van der Waals surface area contributed by atoms with Gasteiger partial charge in [0, 0.05) is 19.4 Å². The maximum Gasteiger partial charge on any atom is 0.460 e. The van der Waals surface area contributed by atoms with Crippen molar-refractivity contribution < 1.29 is 47.9 Å². The van der Waals surface area contributed by atoms with Crippen LogP contribution in [0.3, 0.4) is 0 Å². The van der Waals surface area contributed by atoms with Gasteiger partial charge in [0.05, 0.1) is 0 Å². The lowest BCUT2D eigenvalue weighted by Crippen LogP contribution is -2.64. The number of nitrogens with one attached hydrogen (secondary N) is 1. The Morgan fingerprint density at radius 1 is 0.750 bits per heavy atom. The van der Waals surface area contributed by atoms with Crippen molar-refractivity contribution in [3.8, 4) is 11.8 Å². The van der Waals surface area contributed by atoms with Gasteiger partial charge in [-0.3, -0.25) is 0 Å². The van der Waals surface area contributed by atoms with Gasteiger partial charge in [-0.1, -0.05) is 19.8 Å². The summed E-state index contributed by atoms with van der Waals surface area (Å²) in [6.07, 6.45) is -3.32. The second kappa shape index (κ2) is 10.0. The molecule has 0 radical (unpaired) electrons. The van der Waals surface area contributed by atoms with Crippen molar-refractivity contribution in [3.05, 3.63) is 0 Å². The fourth-order valence-electron chi connectivity index (χ4n) is 1.81. The number of rotatable bonds is 11. The quantitative estimate of drug-likeness (QED) is 0.272. The SMILES string of the molecule is CCCCCC#CCCCCNS(=O)(=O)C(F)(F)C(F)(F)C(F)(F)C(F)(F)F. The van der Waals surface area contributed by atoms with E-state index in [9.17, 15) is 47.9 Å². The Hall–Kier alpha value is -1.16. The summed E-state index contributed by atoms with van der Waals surface area (Å²) in [6, 6.07) is 0. The van der Waals surface area contributed by atoms with E-state index in [0.29, 0.717) is 6.42 Å². The minimum absolute atomic E-state index is 0.166. The van der Waals surface area contributed by atoms with Crippen LogP contribution >= 0.6 is 0 Å². The molecule has 0 aromatic carbocycles. The van der Waals surface area contributed by atoms with E-state index in [-0.39, 0.29) is 19.3 Å². The molecule has 0 saturated heterocycles. The predicted octanol–water partition coefficient (Wildman–Crippen LogP) is 5.09. The van der Waals surface area contributed by atoms with Gasteiger partial charge in [0.2, 0.25) is 0 Å². The van der Waals surface area contributed by atoms with Crippen molar-refractivity contribution in [3.63, 3.8) is 0 Å². The Morgan fingerprint density at radius 3 is 1.64 bits per heavy atom. The number of sulfonamides is 1. The molecule has 0 aromatic heterocycles. The molecule has 0 amide bonds. The Morgan fingerprint density at radius 2 is 1.21 bits per heavy atom. The maximum absolute atomic E-state index is 13.4. The van der Waals surface area contributed by atoms with Crippen molar-refractivity contribution in [1.82, 2.24) is 4.72 Å². The topological polar surface area (TPSA) is 46.2 Å². The first-order chi connectivity index (χ1) is 12.6. The van der Waals surface area contributed by atoms with E-state index < -0.39 is 39.8 Å². The van der Waals surface area contributed by atoms with Gasteiger partial charge in [-0.15, -0.1) is 11.8 Å². The van der Waals surface area contributed by atoms with E-state index in [1.807, 2.05) is 6.92 Å². The van der Waals surface area contributed by atoms with E-state index in [1.165, 1.54) is 0 Å². The number of hydrogen-bond acceptors (Lipinski definition) is 2. The maximum atomic E-state index is 13.4. The minimum Gasteiger partial charge on any atom is -0.210 e. The van der Waals surface area contributed by atoms with Gasteiger partial charge in [-0.05, 0) is 19.3 Å². The summed E-state index contributed by atoms with van der Waals surface area (Å²) in [6.45, 7) is 1.14. The molecule has 166 valence electrons. The average Bonchev–Trinajstić information content (AvgIpc) is 2.55. The first kappa shape index (κ1) is 26.8. The molecule has 3 nitrogen and oxygen atoms in total. The van der Waals surface area contributed by atoms with Crippen LogP contribution in [0.25, 0.3) is 0 Å². The summed E-state index contributed by atoms with van der Waals surface area (Å²) in [5, 5.41) is -6.70. The van der Waals surface area contributed by atoms with Gasteiger partial charge in [0.1, 0.15) is 0 Å². The molecule has 0 aromatic rings. The number of halogens is 9. The van der Waals surface area contributed by atoms with Gasteiger partial charge in [-0.2, -0.15) is 39.5 Å². The molecule has 13 heteroatoms. The first-order valence-corrected chi connectivity index (χ1v) is 9.69. The van der Waals surface area contributed by atoms with E-state index in [4.69, 9.17) is 0 Å². The summed E-state index contributed by atoms with van der Waals surface area (Å²) < 4.78 is 138. The van der Waals surface area contributed by atoms with Gasteiger partial charge >= 0.3 is 23.3 Å². The van der Waals surface area contributed by atoms with Crippen molar-refractivity contribution in [2.45, 2.75) is 75.1 Å². The Kier molecular flexibility index (Phi) is 9.63. The van der Waals surface area contributed by atoms with Crippen LogP contribution in [0.5, 0.6) is 0 Å². The standard InChI is InChI=1S/C15H20F9NO2S/c1-2-3-4-5-6-7-8-9-10-11-25-28(26,27)15(23,24)13(18,19)12(16,17)14(20,21)22/h25H,2-5,8-11H2,1H3. The van der Waals surface area contributed by atoms with Gasteiger partial charge < -0.3 is 0 Å². The summed E-state index contributed by atoms with van der Waals surface area (Å²) in [5.41, 5.74) is 0. The highest BCUT2D eigenvalue weighted by Gasteiger charge is 2.85. The third-order valence-corrected chi connectivity index (χ3v) is 5.02. The largest absolute Gasteiger partial charge is 0.460 e. The summed E-state index contributed by atoms with van der Waals surface area (Å²) in [5.74, 6) is -8.95. The second-order valence-corrected chi connectivity index (χ2v) is 7.64. The van der Waals surface area contributed by atoms with Crippen LogP contribution in [0.2, 0.25) is 0 Å². The minimum atomic E-state index is -7.26. The zero-order valence-corrected chi connectivity index (χ0v) is 15.6. The van der Waals surface area contributed by atoms with E-state index in [1.54, 1.807) is 0 Å². The van der Waals surface area contributed by atoms with Crippen molar-refractivity contribution in [2.75, 3.05) is 6.54 Å². The van der Waals surface area contributed by atoms with Gasteiger partial charge in [0.15, 0.2) is 0 Å². The van der Waals surface area contributed by atoms with E-state index in [2.05, 4.69) is 11.8 Å². The predicted molar refractivity (Wildman–Crippen MR) is 83.6 cm³/mol. The Balaban J connectivity index is 4.80. The van der Waals surface area contributed by atoms with Crippen LogP contribution in [0.15, 0.2) is 0 Å². The molecule has 0 atom stereocenters. The highest BCUT2D eigenvalue weighted by Crippen LogP contribution is 2.54. The molecule has 0 aliphatic rings. The van der Waals surface area contributed by atoms with Crippen LogP contribution in [0.4, 0.5) is 39.5 Å². The summed E-state index contributed by atoms with van der Waals surface area (Å²) in [7, 11) is -6.52. The Labute approximate surface area is 157 Å². The number of unbranched alkanes of at least 4 members (excludes halogenated alkanes) is 5. The van der Waals surface area contributed by atoms with Crippen molar-refractivity contribution in [1.29, 1.82) is 0 Å².